The summed E-state index contributed by atoms with van der Waals surface area (Å²) >= 11 is -0.482. The Labute approximate surface area is 216 Å². The standard InChI is InChI=1S/C24H31IN7O3/c33-23(29-20-14-17-4-1-2-5-18(17)15-20)21-22(28-9-8-27-21)30-24(34)31-10-12-32(13-11-31)25-35-16-19-6-3-7-26-19/h1-2,4-5,8-9,19-20,26H,3,6-7,10-16H2,(H,29,33)(H,28,30,34)/q-1. The summed E-state index contributed by atoms with van der Waals surface area (Å²) in [6.07, 6.45) is 6.95. The summed E-state index contributed by atoms with van der Waals surface area (Å²) in [5.41, 5.74) is 2.65. The maximum absolute atomic E-state index is 13.0. The van der Waals surface area contributed by atoms with E-state index in [0.717, 1.165) is 39.1 Å². The molecule has 1 aromatic heterocycles. The van der Waals surface area contributed by atoms with E-state index in [1.54, 1.807) is 4.90 Å². The van der Waals surface area contributed by atoms with E-state index in [1.807, 2.05) is 12.1 Å². The number of urea groups is 1. The number of aromatic nitrogens is 2. The summed E-state index contributed by atoms with van der Waals surface area (Å²) in [6, 6.07) is 8.45. The van der Waals surface area contributed by atoms with Gasteiger partial charge in [-0.1, -0.05) is 24.3 Å². The van der Waals surface area contributed by atoms with Crippen molar-refractivity contribution in [2.75, 3.05) is 44.6 Å². The number of amides is 3. The molecule has 3 aliphatic rings. The molecule has 35 heavy (non-hydrogen) atoms. The van der Waals surface area contributed by atoms with Gasteiger partial charge in [-0.3, -0.25) is 0 Å². The second-order valence-corrected chi connectivity index (χ2v) is 11.4. The SMILES string of the molecule is O=C(NC1Cc2ccccc2C1)c1nccnc1NC(=O)N1CCN([I-]OCC2CCCN2)CC1. The number of hydrogen-bond acceptors (Lipinski definition) is 7. The Bertz CT molecular complexity index is 1020. The molecule has 11 heteroatoms. The molecule has 2 aliphatic heterocycles. The molecule has 0 saturated carbocycles. The van der Waals surface area contributed by atoms with Crippen LogP contribution in [-0.4, -0.2) is 81.3 Å². The number of fused-ring (bicyclic) bond motifs is 1. The van der Waals surface area contributed by atoms with Gasteiger partial charge in [0.1, 0.15) is 0 Å². The number of carbonyl (C=O) groups excluding carboxylic acids is 2. The topological polar surface area (TPSA) is 112 Å². The van der Waals surface area contributed by atoms with Crippen LogP contribution in [0.4, 0.5) is 10.6 Å². The maximum atomic E-state index is 13.0. The first-order valence-electron chi connectivity index (χ1n) is 12.2. The fourth-order valence-electron chi connectivity index (χ4n) is 4.72. The molecule has 3 heterocycles. The van der Waals surface area contributed by atoms with Crippen molar-refractivity contribution in [2.24, 2.45) is 0 Å². The van der Waals surface area contributed by atoms with Crippen LogP contribution in [0.15, 0.2) is 36.7 Å². The first-order valence-corrected chi connectivity index (χ1v) is 14.0. The number of nitrogens with zero attached hydrogens (tertiary/aromatic N) is 4. The Morgan fingerprint density at radius 1 is 1.09 bits per heavy atom. The molecule has 5 rings (SSSR count). The minimum atomic E-state index is -0.482. The molecule has 188 valence electrons. The summed E-state index contributed by atoms with van der Waals surface area (Å²) in [7, 11) is 0. The number of anilines is 1. The summed E-state index contributed by atoms with van der Waals surface area (Å²) in [5, 5.41) is 9.30. The summed E-state index contributed by atoms with van der Waals surface area (Å²) in [5.74, 6) is -0.137. The Balaban J connectivity index is 1.10. The molecule has 0 spiro atoms. The third kappa shape index (κ3) is 6.26. The number of hydrogen-bond donors (Lipinski definition) is 3. The van der Waals surface area contributed by atoms with Crippen molar-refractivity contribution in [1.82, 2.24) is 28.6 Å². The van der Waals surface area contributed by atoms with Crippen LogP contribution in [-0.2, 0) is 15.9 Å². The van der Waals surface area contributed by atoms with E-state index in [2.05, 4.69) is 41.2 Å². The van der Waals surface area contributed by atoms with Crippen LogP contribution in [0.5, 0.6) is 0 Å². The Morgan fingerprint density at radius 2 is 1.83 bits per heavy atom. The van der Waals surface area contributed by atoms with Crippen LogP contribution < -0.4 is 37.8 Å². The van der Waals surface area contributed by atoms with Crippen molar-refractivity contribution in [3.8, 4) is 0 Å². The van der Waals surface area contributed by atoms with Crippen LogP contribution in [0, 0.1) is 0 Å². The van der Waals surface area contributed by atoms with Crippen LogP contribution in [0.25, 0.3) is 0 Å². The summed E-state index contributed by atoms with van der Waals surface area (Å²) in [4.78, 5) is 36.1. The number of nitrogens with one attached hydrogen (secondary N) is 3. The molecule has 1 aromatic carbocycles. The molecule has 1 unspecified atom stereocenters. The van der Waals surface area contributed by atoms with Gasteiger partial charge in [0.05, 0.1) is 0 Å². The zero-order valence-electron chi connectivity index (χ0n) is 19.6. The van der Waals surface area contributed by atoms with Crippen molar-refractivity contribution in [3.63, 3.8) is 0 Å². The van der Waals surface area contributed by atoms with Crippen molar-refractivity contribution in [3.05, 3.63) is 53.5 Å². The molecule has 10 nitrogen and oxygen atoms in total. The molecular formula is C24H31IN7O3-. The summed E-state index contributed by atoms with van der Waals surface area (Å²) in [6.45, 7) is 4.66. The predicted molar refractivity (Wildman–Crippen MR) is 126 cm³/mol. The molecular weight excluding hydrogens is 561 g/mol. The van der Waals surface area contributed by atoms with E-state index < -0.39 is 21.9 Å². The van der Waals surface area contributed by atoms with E-state index in [1.165, 1.54) is 36.4 Å². The summed E-state index contributed by atoms with van der Waals surface area (Å²) < 4.78 is 8.28. The van der Waals surface area contributed by atoms with E-state index in [-0.39, 0.29) is 29.5 Å². The van der Waals surface area contributed by atoms with E-state index in [0.29, 0.717) is 19.1 Å². The second kappa shape index (κ2) is 11.6. The average Bonchev–Trinajstić information content (AvgIpc) is 3.54. The third-order valence-electron chi connectivity index (χ3n) is 6.61. The van der Waals surface area contributed by atoms with Gasteiger partial charge in [0.2, 0.25) is 0 Å². The first-order chi connectivity index (χ1) is 17.2. The first kappa shape index (κ1) is 24.3. The van der Waals surface area contributed by atoms with Crippen LogP contribution in [0.2, 0.25) is 0 Å². The molecule has 3 amide bonds. The molecule has 2 aromatic rings. The molecule has 2 fully saturated rings. The monoisotopic (exact) mass is 592 g/mol. The minimum absolute atomic E-state index is 0.00787. The molecule has 1 aliphatic carbocycles. The Morgan fingerprint density at radius 3 is 2.54 bits per heavy atom. The van der Waals surface area contributed by atoms with E-state index in [9.17, 15) is 9.59 Å². The van der Waals surface area contributed by atoms with Crippen LogP contribution >= 0.6 is 0 Å². The van der Waals surface area contributed by atoms with Crippen molar-refractivity contribution in [2.45, 2.75) is 37.8 Å². The fourth-order valence-corrected chi connectivity index (χ4v) is 6.53. The fraction of sp³-hybridized carbons (Fsp3) is 0.500. The van der Waals surface area contributed by atoms with Gasteiger partial charge in [-0.2, -0.15) is 0 Å². The van der Waals surface area contributed by atoms with Crippen LogP contribution in [0.3, 0.4) is 0 Å². The van der Waals surface area contributed by atoms with E-state index in [4.69, 9.17) is 3.07 Å². The Kier molecular flexibility index (Phi) is 8.06. The Hall–Kier alpha value is -2.35. The number of carbonyl (C=O) groups is 2. The normalized spacial score (nSPS) is 20.7. The molecule has 0 bridgehead atoms. The molecule has 2 saturated heterocycles. The molecule has 0 radical (unpaired) electrons. The van der Waals surface area contributed by atoms with Gasteiger partial charge >= 0.3 is 181 Å². The van der Waals surface area contributed by atoms with Crippen molar-refractivity contribution >= 4 is 17.8 Å². The predicted octanol–water partition coefficient (Wildman–Crippen LogP) is -1.79. The van der Waals surface area contributed by atoms with E-state index >= 15 is 0 Å². The van der Waals surface area contributed by atoms with Gasteiger partial charge in [0.25, 0.3) is 0 Å². The van der Waals surface area contributed by atoms with Gasteiger partial charge in [0, 0.05) is 0 Å². The van der Waals surface area contributed by atoms with Crippen LogP contribution in [0.1, 0.15) is 34.5 Å². The molecule has 3 N–H and O–H groups in total. The van der Waals surface area contributed by atoms with Crippen molar-refractivity contribution in [1.29, 1.82) is 0 Å². The quantitative estimate of drug-likeness (QED) is 0.258. The average molecular weight is 592 g/mol. The van der Waals surface area contributed by atoms with Gasteiger partial charge in [0.15, 0.2) is 0 Å². The second-order valence-electron chi connectivity index (χ2n) is 9.07. The molecule has 1 atom stereocenters. The third-order valence-corrected chi connectivity index (χ3v) is 8.77. The number of rotatable bonds is 7. The zero-order valence-corrected chi connectivity index (χ0v) is 21.7. The number of benzene rings is 1. The number of piperazine rings is 1. The zero-order chi connectivity index (χ0) is 24.0. The van der Waals surface area contributed by atoms with Gasteiger partial charge in [-0.15, -0.1) is 0 Å². The van der Waals surface area contributed by atoms with Gasteiger partial charge < -0.3 is 0 Å². The number of halogens is 1. The van der Waals surface area contributed by atoms with Gasteiger partial charge in [-0.25, -0.2) is 0 Å². The van der Waals surface area contributed by atoms with Crippen molar-refractivity contribution < 1.29 is 34.5 Å². The van der Waals surface area contributed by atoms with Gasteiger partial charge in [-0.05, 0) is 11.1 Å².